The largest absolute Gasteiger partial charge is 0.477 e. The molecule has 1 aromatic rings. The molecule has 2 saturated heterocycles. The summed E-state index contributed by atoms with van der Waals surface area (Å²) in [7, 11) is -10.8. The first-order chi connectivity index (χ1) is 20.7. The van der Waals surface area contributed by atoms with Crippen LogP contribution in [0.1, 0.15) is 19.6 Å². The summed E-state index contributed by atoms with van der Waals surface area (Å²) in [6.07, 6.45) is -15.8. The zero-order valence-corrected chi connectivity index (χ0v) is 24.7. The second-order valence-corrected chi connectivity index (χ2v) is 12.5. The van der Waals surface area contributed by atoms with E-state index >= 15 is 0 Å². The van der Waals surface area contributed by atoms with Crippen molar-refractivity contribution in [2.24, 2.45) is 0 Å². The molecule has 1 amide bonds. The molecule has 2 fully saturated rings. The molecule has 0 saturated carbocycles. The summed E-state index contributed by atoms with van der Waals surface area (Å²) in [5.74, 6) is -6.53. The third kappa shape index (κ3) is 9.10. The normalized spacial score (nSPS) is 33.2. The molecule has 23 nitrogen and oxygen atoms in total. The number of ether oxygens (including phenoxy) is 2. The standard InChI is InChI=1S/C20H32N4O19P2/c1-7(25)22-12-8(26)4-20(18(31)32,42-16(12)13(28)9(27)5-39-44(34,35)36)43-45(37,38)40-6-10-14(29)15(30)17(41-10)24-3-2-11(21)23-19(24)33/h2-3,8-10,12-17,26-30H,4-6H2,1H3,(H,22,25)(H,31,32)(H,37,38)(H2,21,23,33)(H2,34,35,36)/t8-,9+,10+,12+,13+,14+,15+,16+,17+,20+/m0/s1. The van der Waals surface area contributed by atoms with Gasteiger partial charge in [-0.3, -0.25) is 18.4 Å². The molecule has 0 spiro atoms. The summed E-state index contributed by atoms with van der Waals surface area (Å²) in [6.45, 7) is -1.38. The van der Waals surface area contributed by atoms with E-state index in [1.165, 1.54) is 6.07 Å². The average Bonchev–Trinajstić information content (AvgIpc) is 3.19. The lowest BCUT2D eigenvalue weighted by atomic mass is 9.88. The molecule has 25 heteroatoms. The van der Waals surface area contributed by atoms with E-state index < -0.39 is 114 Å². The number of carbonyl (C=O) groups excluding carboxylic acids is 1. The number of nitrogens with one attached hydrogen (secondary N) is 1. The van der Waals surface area contributed by atoms with Crippen LogP contribution in [-0.4, -0.2) is 135 Å². The van der Waals surface area contributed by atoms with E-state index in [9.17, 15) is 59.0 Å². The van der Waals surface area contributed by atoms with Gasteiger partial charge in [0.2, 0.25) is 5.91 Å². The number of carboxylic acid groups (broad SMARTS) is 1. The lowest BCUT2D eigenvalue weighted by molar-refractivity contribution is -0.288. The minimum Gasteiger partial charge on any atom is -0.477 e. The summed E-state index contributed by atoms with van der Waals surface area (Å²) in [5, 5.41) is 64.2. The van der Waals surface area contributed by atoms with E-state index in [1.807, 2.05) is 0 Å². The number of phosphoric ester groups is 2. The quantitative estimate of drug-likeness (QED) is 0.0859. The molecular formula is C20H32N4O19P2. The number of amides is 1. The maximum Gasteiger partial charge on any atom is 0.475 e. The smallest absolute Gasteiger partial charge is 0.475 e. The number of nitrogens with two attached hydrogens (primary N) is 1. The van der Waals surface area contributed by atoms with Gasteiger partial charge in [-0.1, -0.05) is 0 Å². The van der Waals surface area contributed by atoms with Crippen molar-refractivity contribution >= 4 is 33.3 Å². The highest BCUT2D eigenvalue weighted by Crippen LogP contribution is 2.51. The highest BCUT2D eigenvalue weighted by Gasteiger charge is 2.59. The molecule has 0 aromatic carbocycles. The number of aliphatic hydroxyl groups excluding tert-OH is 5. The van der Waals surface area contributed by atoms with Gasteiger partial charge in [-0.05, 0) is 6.07 Å². The van der Waals surface area contributed by atoms with Crippen LogP contribution >= 0.6 is 15.6 Å². The van der Waals surface area contributed by atoms with Gasteiger partial charge >= 0.3 is 27.3 Å². The highest BCUT2D eigenvalue weighted by molar-refractivity contribution is 7.47. The Balaban J connectivity index is 1.80. The van der Waals surface area contributed by atoms with Gasteiger partial charge in [-0.25, -0.2) is 23.2 Å². The van der Waals surface area contributed by atoms with Gasteiger partial charge < -0.3 is 65.8 Å². The monoisotopic (exact) mass is 694 g/mol. The van der Waals surface area contributed by atoms with Gasteiger partial charge in [0.15, 0.2) is 6.23 Å². The van der Waals surface area contributed by atoms with Crippen molar-refractivity contribution in [3.05, 3.63) is 22.7 Å². The van der Waals surface area contributed by atoms with Gasteiger partial charge in [0, 0.05) is 19.5 Å². The van der Waals surface area contributed by atoms with Gasteiger partial charge in [0.1, 0.15) is 42.4 Å². The number of hydrogen-bond donors (Lipinski definition) is 11. The number of carboxylic acids is 1. The van der Waals surface area contributed by atoms with Crippen LogP contribution < -0.4 is 16.7 Å². The molecule has 256 valence electrons. The summed E-state index contributed by atoms with van der Waals surface area (Å²) in [5.41, 5.74) is 4.43. The first kappa shape index (κ1) is 37.0. The third-order valence-corrected chi connectivity index (χ3v) is 8.03. The van der Waals surface area contributed by atoms with Gasteiger partial charge in [0.25, 0.3) is 5.79 Å². The number of nitrogens with zero attached hydrogens (tertiary/aromatic N) is 2. The Morgan fingerprint density at radius 3 is 2.40 bits per heavy atom. The topological polar surface area (TPSA) is 369 Å². The van der Waals surface area contributed by atoms with Crippen molar-refractivity contribution in [3.63, 3.8) is 0 Å². The Morgan fingerprint density at radius 2 is 1.84 bits per heavy atom. The first-order valence-corrected chi connectivity index (χ1v) is 15.7. The van der Waals surface area contributed by atoms with Crippen molar-refractivity contribution in [2.75, 3.05) is 18.9 Å². The second-order valence-electron chi connectivity index (χ2n) is 9.93. The van der Waals surface area contributed by atoms with E-state index in [-0.39, 0.29) is 5.82 Å². The second kappa shape index (κ2) is 14.1. The van der Waals surface area contributed by atoms with Crippen LogP contribution in [-0.2, 0) is 41.8 Å². The van der Waals surface area contributed by atoms with Crippen LogP contribution in [0, 0.1) is 0 Å². The maximum absolute atomic E-state index is 12.9. The number of carbonyl (C=O) groups is 2. The van der Waals surface area contributed by atoms with Crippen LogP contribution in [0.25, 0.3) is 0 Å². The minimum atomic E-state index is -5.62. The van der Waals surface area contributed by atoms with Crippen molar-refractivity contribution in [1.82, 2.24) is 14.9 Å². The average molecular weight is 694 g/mol. The van der Waals surface area contributed by atoms with E-state index in [0.717, 1.165) is 17.7 Å². The first-order valence-electron chi connectivity index (χ1n) is 12.6. The molecule has 0 radical (unpaired) electrons. The van der Waals surface area contributed by atoms with Crippen LogP contribution in [0.3, 0.4) is 0 Å². The highest BCUT2D eigenvalue weighted by atomic mass is 31.2. The van der Waals surface area contributed by atoms with E-state index in [1.54, 1.807) is 0 Å². The lowest BCUT2D eigenvalue weighted by Gasteiger charge is -2.46. The molecule has 0 bridgehead atoms. The summed E-state index contributed by atoms with van der Waals surface area (Å²) < 4.78 is 48.8. The van der Waals surface area contributed by atoms with E-state index in [0.29, 0.717) is 0 Å². The van der Waals surface area contributed by atoms with Crippen LogP contribution in [0.4, 0.5) is 5.82 Å². The number of aliphatic carboxylic acids is 1. The number of aliphatic hydroxyl groups is 5. The molecular weight excluding hydrogens is 662 g/mol. The summed E-state index contributed by atoms with van der Waals surface area (Å²) in [4.78, 5) is 67.6. The fourth-order valence-electron chi connectivity index (χ4n) is 4.48. The molecule has 2 aliphatic heterocycles. The molecule has 3 heterocycles. The molecule has 3 rings (SSSR count). The molecule has 1 unspecified atom stereocenters. The number of phosphoric acid groups is 2. The SMILES string of the molecule is CC(=O)N[C@H]1[C@H]([C@H](O)[C@H](O)COP(=O)(O)O)O[C@](OP(=O)(O)OC[C@H]2O[C@@H](n3ccc(N)nc3=O)[C@H](O)[C@@H]2O)(C(=O)O)C[C@@H]1O. The number of rotatable bonds is 13. The van der Waals surface area contributed by atoms with Gasteiger partial charge in [-0.15, -0.1) is 0 Å². The Morgan fingerprint density at radius 1 is 1.20 bits per heavy atom. The lowest BCUT2D eigenvalue weighted by Crippen LogP contribution is -2.67. The predicted octanol–water partition coefficient (Wildman–Crippen LogP) is -5.16. The third-order valence-electron chi connectivity index (χ3n) is 6.54. The number of anilines is 1. The maximum atomic E-state index is 12.9. The molecule has 0 aliphatic carbocycles. The number of hydrogen-bond acceptors (Lipinski definition) is 17. The summed E-state index contributed by atoms with van der Waals surface area (Å²) >= 11 is 0. The van der Waals surface area contributed by atoms with Crippen LogP contribution in [0.5, 0.6) is 0 Å². The Kier molecular flexibility index (Phi) is 11.6. The zero-order valence-electron chi connectivity index (χ0n) is 22.9. The number of aromatic nitrogens is 2. The molecule has 11 atom stereocenters. The Bertz CT molecular complexity index is 1390. The van der Waals surface area contributed by atoms with Gasteiger partial charge in [0.05, 0.1) is 25.4 Å². The fourth-order valence-corrected chi connectivity index (χ4v) is 5.78. The summed E-state index contributed by atoms with van der Waals surface area (Å²) in [6, 6.07) is -0.540. The Labute approximate surface area is 251 Å². The molecule has 2 aliphatic rings. The van der Waals surface area contributed by atoms with Crippen molar-refractivity contribution < 1.29 is 87.1 Å². The molecule has 12 N–H and O–H groups in total. The minimum absolute atomic E-state index is 0.160. The molecule has 1 aromatic heterocycles. The zero-order chi connectivity index (χ0) is 34.1. The number of nitrogen functional groups attached to an aromatic ring is 1. The van der Waals surface area contributed by atoms with Crippen molar-refractivity contribution in [3.8, 4) is 0 Å². The molecule has 45 heavy (non-hydrogen) atoms. The fraction of sp³-hybridized carbons (Fsp3) is 0.700. The predicted molar refractivity (Wildman–Crippen MR) is 139 cm³/mol. The Hall–Kier alpha value is -2.44. The van der Waals surface area contributed by atoms with Crippen LogP contribution in [0.15, 0.2) is 17.1 Å². The van der Waals surface area contributed by atoms with E-state index in [2.05, 4.69) is 14.8 Å². The van der Waals surface area contributed by atoms with Gasteiger partial charge in [-0.2, -0.15) is 4.98 Å². The van der Waals surface area contributed by atoms with Crippen LogP contribution in [0.2, 0.25) is 0 Å². The van der Waals surface area contributed by atoms with Crippen molar-refractivity contribution in [1.29, 1.82) is 0 Å². The van der Waals surface area contributed by atoms with E-state index in [4.69, 9.17) is 34.0 Å². The van der Waals surface area contributed by atoms with Crippen molar-refractivity contribution in [2.45, 2.75) is 74.1 Å².